The summed E-state index contributed by atoms with van der Waals surface area (Å²) in [5.41, 5.74) is 0. The second-order valence-electron chi connectivity index (χ2n) is 4.34. The molecule has 0 saturated heterocycles. The molecule has 0 amide bonds. The van der Waals surface area contributed by atoms with Gasteiger partial charge in [-0.15, -0.1) is 0 Å². The summed E-state index contributed by atoms with van der Waals surface area (Å²) in [5, 5.41) is 0. The van der Waals surface area contributed by atoms with Crippen molar-refractivity contribution in [1.29, 1.82) is 0 Å². The summed E-state index contributed by atoms with van der Waals surface area (Å²) in [6.07, 6.45) is 0. The Bertz CT molecular complexity index is 537. The average Bonchev–Trinajstić information content (AvgIpc) is 2.51. The topological polar surface area (TPSA) is 0 Å². The zero-order chi connectivity index (χ0) is 12.9. The van der Waals surface area contributed by atoms with Crippen LogP contribution in [-0.2, 0) is 0 Å². The first-order chi connectivity index (χ1) is 9.45. The monoisotopic (exact) mass is 692 g/mol. The average molecular weight is 692 g/mol. The van der Waals surface area contributed by atoms with Crippen LogP contribution >= 0.6 is 0 Å². The normalized spacial score (nSPS) is 9.14. The summed E-state index contributed by atoms with van der Waals surface area (Å²) >= 11 is -2.06. The third kappa shape index (κ3) is 5.18. The quantitative estimate of drug-likeness (QED) is 0.364. The van der Waals surface area contributed by atoms with Crippen LogP contribution in [0.5, 0.6) is 0 Å². The van der Waals surface area contributed by atoms with Crippen LogP contribution < -0.4 is 9.81 Å². The van der Waals surface area contributed by atoms with Gasteiger partial charge in [0.15, 0.2) is 0 Å². The van der Waals surface area contributed by atoms with Crippen molar-refractivity contribution in [3.63, 3.8) is 0 Å². The van der Waals surface area contributed by atoms with Crippen LogP contribution in [0.15, 0.2) is 91.0 Å². The summed E-state index contributed by atoms with van der Waals surface area (Å²) in [7, 11) is 0. The van der Waals surface area contributed by atoms with Crippen LogP contribution in [0.4, 0.5) is 9.41 Å². The van der Waals surface area contributed by atoms with E-state index in [2.05, 4.69) is 91.0 Å². The van der Waals surface area contributed by atoms with Gasteiger partial charge < -0.3 is 0 Å². The molecule has 0 aliphatic carbocycles. The molecule has 0 atom stereocenters. The Hall–Kier alpha value is -0.714. The zero-order valence-electron chi connectivity index (χ0n) is 12.1. The summed E-state index contributed by atoms with van der Waals surface area (Å²) in [4.78, 5) is 0. The van der Waals surface area contributed by atoms with Crippen molar-refractivity contribution in [2.45, 2.75) is 0 Å². The van der Waals surface area contributed by atoms with Gasteiger partial charge in [-0.05, 0) is 0 Å². The maximum atomic E-state index is 2.29. The third-order valence-corrected chi connectivity index (χ3v) is 12.5. The summed E-state index contributed by atoms with van der Waals surface area (Å²) in [6, 6.07) is 33.0. The molecule has 0 aliphatic rings. The summed E-state index contributed by atoms with van der Waals surface area (Å²) in [5.74, 6) is 0. The van der Waals surface area contributed by atoms with E-state index < -0.39 is 21.8 Å². The Morgan fingerprint density at radius 3 is 0.864 bits per heavy atom. The fourth-order valence-corrected chi connectivity index (χ4v) is 11.1. The van der Waals surface area contributed by atoms with E-state index in [0.29, 0.717) is 0 Å². The van der Waals surface area contributed by atoms with Crippen LogP contribution in [0.3, 0.4) is 0 Å². The third-order valence-electron chi connectivity index (χ3n) is 3.04. The van der Waals surface area contributed by atoms with Gasteiger partial charge >= 0.3 is 149 Å². The van der Waals surface area contributed by atoms with Crippen LogP contribution in [0.1, 0.15) is 0 Å². The van der Waals surface area contributed by atoms with Gasteiger partial charge in [0.05, 0.1) is 0 Å². The summed E-state index contributed by atoms with van der Waals surface area (Å²) in [6.45, 7) is 0. The second kappa shape index (κ2) is 10.9. The van der Waals surface area contributed by atoms with Crippen molar-refractivity contribution in [3.8, 4) is 0 Å². The molecule has 0 fully saturated rings. The van der Waals surface area contributed by atoms with Gasteiger partial charge in [0.1, 0.15) is 0 Å². The van der Waals surface area contributed by atoms with E-state index in [-0.39, 0.29) is 35.6 Å². The second-order valence-corrected chi connectivity index (χ2v) is 13.0. The molecule has 3 rings (SSSR count). The predicted molar refractivity (Wildman–Crippen MR) is 98.9 cm³/mol. The first-order valence-corrected chi connectivity index (χ1v) is 11.6. The van der Waals surface area contributed by atoms with E-state index in [1.165, 1.54) is 9.81 Å². The van der Waals surface area contributed by atoms with Gasteiger partial charge in [0.25, 0.3) is 0 Å². The van der Waals surface area contributed by atoms with Crippen LogP contribution in [-0.4, -0.2) is 48.0 Å². The van der Waals surface area contributed by atoms with Crippen molar-refractivity contribution in [3.05, 3.63) is 91.0 Å². The minimum atomic E-state index is -2.06. The van der Waals surface area contributed by atoms with Gasteiger partial charge in [-0.3, -0.25) is 9.41 Å². The van der Waals surface area contributed by atoms with Gasteiger partial charge in [0.2, 0.25) is 0 Å². The van der Waals surface area contributed by atoms with Crippen LogP contribution in [0.25, 0.3) is 0 Å². The van der Waals surface area contributed by atoms with E-state index in [4.69, 9.17) is 0 Å². The van der Waals surface area contributed by atoms with E-state index in [1.807, 2.05) is 0 Å². The van der Waals surface area contributed by atoms with Crippen molar-refractivity contribution in [2.75, 3.05) is 0 Å². The maximum absolute atomic E-state index is 2.29. The molecule has 4 heteroatoms. The molecule has 0 saturated carbocycles. The molecular weight excluding hydrogens is 672 g/mol. The Morgan fingerprint density at radius 1 is 0.409 bits per heavy atom. The first kappa shape index (κ1) is 21.3. The van der Waals surface area contributed by atoms with Crippen LogP contribution in [0.2, 0.25) is 0 Å². The molecule has 3 aromatic carbocycles. The van der Waals surface area contributed by atoms with Crippen molar-refractivity contribution < 1.29 is 9.41 Å². The zero-order valence-corrected chi connectivity index (χ0v) is 21.1. The Labute approximate surface area is 157 Å². The molecule has 0 unspecified atom stereocenters. The van der Waals surface area contributed by atoms with E-state index in [0.717, 1.165) is 0 Å². The molecule has 0 bridgehead atoms. The molecular formula is C18H20Bi2F2. The van der Waals surface area contributed by atoms with Gasteiger partial charge in [-0.25, -0.2) is 0 Å². The fraction of sp³-hybridized carbons (Fsp3) is 0. The molecule has 0 aromatic heterocycles. The Kier molecular flexibility index (Phi) is 10.6. The minimum absolute atomic E-state index is 0. The Morgan fingerprint density at radius 2 is 0.636 bits per heavy atom. The van der Waals surface area contributed by atoms with E-state index in [1.54, 1.807) is 0 Å². The fourth-order valence-electron chi connectivity index (χ4n) is 2.18. The van der Waals surface area contributed by atoms with Crippen LogP contribution in [0, 0.1) is 0 Å². The van der Waals surface area contributed by atoms with Crippen molar-refractivity contribution in [1.82, 2.24) is 0 Å². The molecule has 0 heterocycles. The molecule has 22 heavy (non-hydrogen) atoms. The Balaban J connectivity index is 0.00000147. The van der Waals surface area contributed by atoms with Crippen molar-refractivity contribution in [2.24, 2.45) is 0 Å². The first-order valence-electron chi connectivity index (χ1n) is 6.40. The number of hydrogen-bond acceptors (Lipinski definition) is 0. The molecule has 116 valence electrons. The number of benzene rings is 3. The molecule has 3 aromatic rings. The van der Waals surface area contributed by atoms with Crippen molar-refractivity contribution >= 4 is 57.8 Å². The van der Waals surface area contributed by atoms with Gasteiger partial charge in [-0.2, -0.15) is 0 Å². The molecule has 0 spiro atoms. The molecule has 0 nitrogen and oxygen atoms in total. The van der Waals surface area contributed by atoms with E-state index in [9.17, 15) is 0 Å². The SMILES string of the molecule is F.F.[BiH3].c1cc[c]([Bi]([c]2ccccc2)[c]2ccccc2)cc1. The standard InChI is InChI=1S/3C6H5.2Bi.2FH.3H/c3*1-2-4-6-5-3-1;;;;;;;/h3*1-5H;;;2*1H;;;. The molecule has 0 N–H and O–H groups in total. The number of rotatable bonds is 3. The predicted octanol–water partition coefficient (Wildman–Crippen LogP) is 1.32. The van der Waals surface area contributed by atoms with Gasteiger partial charge in [-0.1, -0.05) is 0 Å². The number of hydrogen-bond donors (Lipinski definition) is 0. The number of halogens is 2. The van der Waals surface area contributed by atoms with Gasteiger partial charge in [0, 0.05) is 0 Å². The van der Waals surface area contributed by atoms with E-state index >= 15 is 0 Å². The molecule has 0 aliphatic heterocycles. The molecule has 0 radical (unpaired) electrons. The summed E-state index contributed by atoms with van der Waals surface area (Å²) < 4.78 is 4.61.